The second kappa shape index (κ2) is 5.92. The molecule has 0 unspecified atom stereocenters. The van der Waals surface area contributed by atoms with Crippen molar-refractivity contribution in [3.05, 3.63) is 52.3 Å². The summed E-state index contributed by atoms with van der Waals surface area (Å²) in [5, 5.41) is 3.37. The van der Waals surface area contributed by atoms with Crippen molar-refractivity contribution in [1.29, 1.82) is 0 Å². The second-order valence-corrected chi connectivity index (χ2v) is 4.76. The number of hydrogen-bond donors (Lipinski definition) is 1. The van der Waals surface area contributed by atoms with Gasteiger partial charge in [-0.15, -0.1) is 0 Å². The van der Waals surface area contributed by atoms with Gasteiger partial charge in [-0.1, -0.05) is 17.7 Å². The summed E-state index contributed by atoms with van der Waals surface area (Å²) in [5.41, 5.74) is 2.66. The van der Waals surface area contributed by atoms with Crippen LogP contribution in [0.5, 0.6) is 5.75 Å². The fourth-order valence-corrected chi connectivity index (χ4v) is 1.94. The lowest BCUT2D eigenvalue weighted by Crippen LogP contribution is -2.13. The van der Waals surface area contributed by atoms with Crippen LogP contribution in [-0.2, 0) is 0 Å². The van der Waals surface area contributed by atoms with Crippen LogP contribution in [0.1, 0.15) is 21.6 Å². The van der Waals surface area contributed by atoms with Gasteiger partial charge in [-0.05, 0) is 37.6 Å². The molecule has 0 aliphatic carbocycles. The van der Waals surface area contributed by atoms with Gasteiger partial charge in [0.2, 0.25) is 0 Å². The third-order valence-electron chi connectivity index (χ3n) is 3.02. The Kier molecular flexibility index (Phi) is 4.25. The van der Waals surface area contributed by atoms with Crippen molar-refractivity contribution in [2.75, 3.05) is 12.4 Å². The van der Waals surface area contributed by atoms with Gasteiger partial charge >= 0.3 is 0 Å². The van der Waals surface area contributed by atoms with E-state index in [1.165, 1.54) is 0 Å². The minimum absolute atomic E-state index is 0.228. The maximum atomic E-state index is 12.2. The molecule has 2 rings (SSSR count). The molecule has 5 heteroatoms. The zero-order valence-electron chi connectivity index (χ0n) is 11.5. The topological polar surface area (TPSA) is 51.2 Å². The van der Waals surface area contributed by atoms with Crippen molar-refractivity contribution in [3.63, 3.8) is 0 Å². The molecular formula is C15H15ClN2O2. The van der Waals surface area contributed by atoms with Gasteiger partial charge in [0.1, 0.15) is 5.75 Å². The smallest absolute Gasteiger partial charge is 0.255 e. The number of benzene rings is 1. The molecule has 1 amide bonds. The molecule has 20 heavy (non-hydrogen) atoms. The second-order valence-electron chi connectivity index (χ2n) is 4.38. The highest BCUT2D eigenvalue weighted by Gasteiger charge is 2.11. The molecule has 1 aromatic heterocycles. The Morgan fingerprint density at radius 1 is 1.35 bits per heavy atom. The predicted octanol–water partition coefficient (Wildman–Crippen LogP) is 3.61. The lowest BCUT2D eigenvalue weighted by Gasteiger charge is -2.11. The number of halogens is 1. The van der Waals surface area contributed by atoms with Crippen LogP contribution >= 0.6 is 11.6 Å². The van der Waals surface area contributed by atoms with Gasteiger partial charge in [-0.25, -0.2) is 0 Å². The van der Waals surface area contributed by atoms with Gasteiger partial charge in [0.15, 0.2) is 0 Å². The molecule has 0 aliphatic rings. The summed E-state index contributed by atoms with van der Waals surface area (Å²) in [7, 11) is 1.56. The number of carbonyl (C=O) groups excluding carboxylic acids is 1. The number of methoxy groups -OCH3 is 1. The molecule has 4 nitrogen and oxygen atoms in total. The van der Waals surface area contributed by atoms with Crippen molar-refractivity contribution in [1.82, 2.24) is 4.98 Å². The Labute approximate surface area is 122 Å². The number of aryl methyl sites for hydroxylation is 1. The highest BCUT2D eigenvalue weighted by atomic mass is 35.5. The molecule has 1 N–H and O–H groups in total. The summed E-state index contributed by atoms with van der Waals surface area (Å²) < 4.78 is 5.10. The van der Waals surface area contributed by atoms with E-state index in [1.54, 1.807) is 37.6 Å². The van der Waals surface area contributed by atoms with Crippen LogP contribution in [0.3, 0.4) is 0 Å². The van der Waals surface area contributed by atoms with Crippen LogP contribution in [0.15, 0.2) is 30.5 Å². The first-order chi connectivity index (χ1) is 9.52. The number of pyridine rings is 1. The molecule has 1 aromatic carbocycles. The van der Waals surface area contributed by atoms with Gasteiger partial charge in [0.05, 0.1) is 29.7 Å². The summed E-state index contributed by atoms with van der Waals surface area (Å²) in [4.78, 5) is 16.3. The molecular weight excluding hydrogens is 276 g/mol. The minimum atomic E-state index is -0.228. The first kappa shape index (κ1) is 14.3. The molecule has 0 bridgehead atoms. The van der Waals surface area contributed by atoms with E-state index in [-0.39, 0.29) is 5.91 Å². The molecule has 0 spiro atoms. The standard InChI is InChI=1S/C15H15ClN2O2/c1-9-13(8-17-10(2)14(9)16)18-15(19)11-5-4-6-12(7-11)20-3/h4-8H,1-3H3,(H,18,19). The third kappa shape index (κ3) is 2.91. The number of hydrogen-bond acceptors (Lipinski definition) is 3. The maximum Gasteiger partial charge on any atom is 0.255 e. The van der Waals surface area contributed by atoms with Crippen LogP contribution in [0, 0.1) is 13.8 Å². The van der Waals surface area contributed by atoms with Crippen molar-refractivity contribution in [2.24, 2.45) is 0 Å². The first-order valence-corrected chi connectivity index (χ1v) is 6.48. The van der Waals surface area contributed by atoms with E-state index >= 15 is 0 Å². The highest BCUT2D eigenvalue weighted by Crippen LogP contribution is 2.25. The van der Waals surface area contributed by atoms with Crippen molar-refractivity contribution in [2.45, 2.75) is 13.8 Å². The summed E-state index contributed by atoms with van der Waals surface area (Å²) in [6, 6.07) is 6.94. The molecule has 0 atom stereocenters. The Balaban J connectivity index is 2.25. The quantitative estimate of drug-likeness (QED) is 0.939. The zero-order chi connectivity index (χ0) is 14.7. The lowest BCUT2D eigenvalue weighted by molar-refractivity contribution is 0.102. The van der Waals surface area contributed by atoms with Gasteiger partial charge in [-0.2, -0.15) is 0 Å². The Bertz CT molecular complexity index is 656. The van der Waals surface area contributed by atoms with E-state index in [1.807, 2.05) is 13.8 Å². The number of rotatable bonds is 3. The number of carbonyl (C=O) groups is 1. The van der Waals surface area contributed by atoms with Crippen molar-refractivity contribution >= 4 is 23.2 Å². The molecule has 0 saturated heterocycles. The van der Waals surface area contributed by atoms with Gasteiger partial charge in [0, 0.05) is 5.56 Å². The van der Waals surface area contributed by atoms with Crippen LogP contribution < -0.4 is 10.1 Å². The summed E-state index contributed by atoms with van der Waals surface area (Å²) in [6.45, 7) is 3.67. The normalized spacial score (nSPS) is 10.2. The molecule has 104 valence electrons. The summed E-state index contributed by atoms with van der Waals surface area (Å²) in [6.07, 6.45) is 1.61. The summed E-state index contributed by atoms with van der Waals surface area (Å²) in [5.74, 6) is 0.406. The predicted molar refractivity (Wildman–Crippen MR) is 79.7 cm³/mol. The third-order valence-corrected chi connectivity index (χ3v) is 3.58. The number of nitrogens with one attached hydrogen (secondary N) is 1. The number of nitrogens with zero attached hydrogens (tertiary/aromatic N) is 1. The van der Waals surface area contributed by atoms with Crippen molar-refractivity contribution < 1.29 is 9.53 Å². The van der Waals surface area contributed by atoms with Crippen LogP contribution in [-0.4, -0.2) is 18.0 Å². The summed E-state index contributed by atoms with van der Waals surface area (Å²) >= 11 is 6.13. The fourth-order valence-electron chi connectivity index (χ4n) is 1.79. The number of anilines is 1. The largest absolute Gasteiger partial charge is 0.497 e. The van der Waals surface area contributed by atoms with Gasteiger partial charge < -0.3 is 10.1 Å². The van der Waals surface area contributed by atoms with Gasteiger partial charge in [-0.3, -0.25) is 9.78 Å². The Morgan fingerprint density at radius 2 is 2.10 bits per heavy atom. The van der Waals surface area contributed by atoms with E-state index in [9.17, 15) is 4.79 Å². The SMILES string of the molecule is COc1cccc(C(=O)Nc2cnc(C)c(Cl)c2C)c1. The van der Waals surface area contributed by atoms with E-state index < -0.39 is 0 Å². The van der Waals surface area contributed by atoms with E-state index in [4.69, 9.17) is 16.3 Å². The fraction of sp³-hybridized carbons (Fsp3) is 0.200. The highest BCUT2D eigenvalue weighted by molar-refractivity contribution is 6.32. The molecule has 0 radical (unpaired) electrons. The minimum Gasteiger partial charge on any atom is -0.497 e. The maximum absolute atomic E-state index is 12.2. The average molecular weight is 291 g/mol. The van der Waals surface area contributed by atoms with Crippen molar-refractivity contribution in [3.8, 4) is 5.75 Å². The van der Waals surface area contributed by atoms with E-state index in [0.717, 1.165) is 11.3 Å². The number of aromatic nitrogens is 1. The zero-order valence-corrected chi connectivity index (χ0v) is 12.3. The molecule has 0 aliphatic heterocycles. The lowest BCUT2D eigenvalue weighted by atomic mass is 10.1. The van der Waals surface area contributed by atoms with E-state index in [0.29, 0.717) is 22.0 Å². The average Bonchev–Trinajstić information content (AvgIpc) is 2.48. The van der Waals surface area contributed by atoms with Crippen LogP contribution in [0.2, 0.25) is 5.02 Å². The van der Waals surface area contributed by atoms with Gasteiger partial charge in [0.25, 0.3) is 5.91 Å². The Hall–Kier alpha value is -2.07. The molecule has 0 fully saturated rings. The first-order valence-electron chi connectivity index (χ1n) is 6.10. The monoisotopic (exact) mass is 290 g/mol. The Morgan fingerprint density at radius 3 is 2.80 bits per heavy atom. The van der Waals surface area contributed by atoms with E-state index in [2.05, 4.69) is 10.3 Å². The number of ether oxygens (including phenoxy) is 1. The van der Waals surface area contributed by atoms with Crippen LogP contribution in [0.4, 0.5) is 5.69 Å². The molecule has 0 saturated carbocycles. The number of amides is 1. The molecule has 1 heterocycles. The molecule has 2 aromatic rings. The van der Waals surface area contributed by atoms with Crippen LogP contribution in [0.25, 0.3) is 0 Å².